The van der Waals surface area contributed by atoms with Gasteiger partial charge in [0.15, 0.2) is 0 Å². The molecule has 3 aromatic rings. The fourth-order valence-corrected chi connectivity index (χ4v) is 3.97. The minimum Gasteiger partial charge on any atom is -0.465 e. The Balaban J connectivity index is 1.98. The minimum absolute atomic E-state index is 0.312. The zero-order chi connectivity index (χ0) is 16.4. The number of rotatable bonds is 4. The topological polar surface area (TPSA) is 42.1 Å². The quantitative estimate of drug-likeness (QED) is 0.526. The van der Waals surface area contributed by atoms with E-state index in [1.807, 2.05) is 18.2 Å². The number of ether oxygens (including phenoxy) is 1. The standard InChI is InChI=1S/C18H17NO2S2/c1-11-17(15-8-7-13(22-3)10-16(15)19-11)23-14-6-4-5-12(9-14)18(20)21-2/h4-10,19H,1-3H3. The molecule has 3 nitrogen and oxygen atoms in total. The molecule has 0 unspecified atom stereocenters. The molecule has 0 bridgehead atoms. The molecule has 0 amide bonds. The van der Waals surface area contributed by atoms with E-state index in [9.17, 15) is 4.79 Å². The molecule has 0 saturated carbocycles. The first-order chi connectivity index (χ1) is 11.1. The number of nitrogens with one attached hydrogen (secondary N) is 1. The van der Waals surface area contributed by atoms with Crippen LogP contribution in [-0.2, 0) is 4.74 Å². The average molecular weight is 343 g/mol. The van der Waals surface area contributed by atoms with Gasteiger partial charge in [0.1, 0.15) is 0 Å². The first-order valence-corrected chi connectivity index (χ1v) is 9.19. The van der Waals surface area contributed by atoms with Gasteiger partial charge in [-0.15, -0.1) is 11.8 Å². The molecule has 1 aromatic heterocycles. The lowest BCUT2D eigenvalue weighted by Gasteiger charge is -2.05. The van der Waals surface area contributed by atoms with Gasteiger partial charge in [-0.1, -0.05) is 23.9 Å². The fourth-order valence-electron chi connectivity index (χ4n) is 2.47. The van der Waals surface area contributed by atoms with Crippen molar-refractivity contribution in [3.63, 3.8) is 0 Å². The fraction of sp³-hybridized carbons (Fsp3) is 0.167. The van der Waals surface area contributed by atoms with Crippen LogP contribution in [0, 0.1) is 6.92 Å². The van der Waals surface area contributed by atoms with E-state index in [2.05, 4.69) is 36.4 Å². The molecule has 1 heterocycles. The van der Waals surface area contributed by atoms with Crippen molar-refractivity contribution in [2.24, 2.45) is 0 Å². The Morgan fingerprint density at radius 2 is 1.96 bits per heavy atom. The maximum absolute atomic E-state index is 11.7. The molecule has 23 heavy (non-hydrogen) atoms. The molecule has 0 aliphatic carbocycles. The molecule has 0 radical (unpaired) electrons. The van der Waals surface area contributed by atoms with Crippen LogP contribution >= 0.6 is 23.5 Å². The van der Waals surface area contributed by atoms with Crippen LogP contribution in [0.2, 0.25) is 0 Å². The van der Waals surface area contributed by atoms with Crippen LogP contribution in [0.25, 0.3) is 10.9 Å². The van der Waals surface area contributed by atoms with E-state index in [1.54, 1.807) is 29.6 Å². The summed E-state index contributed by atoms with van der Waals surface area (Å²) in [6, 6.07) is 14.0. The molecule has 0 spiro atoms. The second-order valence-electron chi connectivity index (χ2n) is 5.11. The molecule has 0 aliphatic heterocycles. The summed E-state index contributed by atoms with van der Waals surface area (Å²) in [5.41, 5.74) is 2.84. The molecule has 5 heteroatoms. The number of aromatic amines is 1. The summed E-state index contributed by atoms with van der Waals surface area (Å²) in [7, 11) is 1.40. The number of thioether (sulfide) groups is 1. The minimum atomic E-state index is -0.312. The van der Waals surface area contributed by atoms with Crippen LogP contribution in [0.4, 0.5) is 0 Å². The number of H-pyrrole nitrogens is 1. The van der Waals surface area contributed by atoms with Crippen LogP contribution in [0.1, 0.15) is 16.1 Å². The molecule has 118 valence electrons. The Labute approximate surface area is 143 Å². The number of aryl methyl sites for hydroxylation is 1. The van der Waals surface area contributed by atoms with Crippen LogP contribution in [0.15, 0.2) is 57.2 Å². The number of esters is 1. The first-order valence-electron chi connectivity index (χ1n) is 7.15. The molecule has 0 atom stereocenters. The number of aromatic nitrogens is 1. The third-order valence-corrected chi connectivity index (χ3v) is 5.55. The van der Waals surface area contributed by atoms with E-state index in [0.29, 0.717) is 5.56 Å². The summed E-state index contributed by atoms with van der Waals surface area (Å²) < 4.78 is 4.79. The lowest BCUT2D eigenvalue weighted by atomic mass is 10.2. The number of fused-ring (bicyclic) bond motifs is 1. The van der Waals surface area contributed by atoms with Gasteiger partial charge in [-0.25, -0.2) is 4.79 Å². The maximum atomic E-state index is 11.7. The van der Waals surface area contributed by atoms with Crippen LogP contribution in [0.3, 0.4) is 0 Å². The zero-order valence-electron chi connectivity index (χ0n) is 13.2. The summed E-state index contributed by atoms with van der Waals surface area (Å²) in [6.45, 7) is 2.07. The molecule has 2 aromatic carbocycles. The summed E-state index contributed by atoms with van der Waals surface area (Å²) >= 11 is 3.39. The molecular weight excluding hydrogens is 326 g/mol. The lowest BCUT2D eigenvalue weighted by Crippen LogP contribution is -2.00. The molecule has 0 saturated heterocycles. The molecule has 0 aliphatic rings. The highest BCUT2D eigenvalue weighted by atomic mass is 32.2. The lowest BCUT2D eigenvalue weighted by molar-refractivity contribution is 0.0600. The predicted molar refractivity (Wildman–Crippen MR) is 96.7 cm³/mol. The molecule has 1 N–H and O–H groups in total. The van der Waals surface area contributed by atoms with Gasteiger partial charge in [0.05, 0.1) is 12.7 Å². The van der Waals surface area contributed by atoms with Crippen molar-refractivity contribution < 1.29 is 9.53 Å². The summed E-state index contributed by atoms with van der Waals surface area (Å²) in [5.74, 6) is -0.312. The van der Waals surface area contributed by atoms with Gasteiger partial charge < -0.3 is 9.72 Å². The highest BCUT2D eigenvalue weighted by molar-refractivity contribution is 7.99. The van der Waals surface area contributed by atoms with Crippen molar-refractivity contribution in [1.82, 2.24) is 4.98 Å². The summed E-state index contributed by atoms with van der Waals surface area (Å²) in [6.07, 6.45) is 2.07. The predicted octanol–water partition coefficient (Wildman–Crippen LogP) is 5.14. The van der Waals surface area contributed by atoms with Gasteiger partial charge in [-0.2, -0.15) is 0 Å². The third kappa shape index (κ3) is 3.26. The number of hydrogen-bond acceptors (Lipinski definition) is 4. The van der Waals surface area contributed by atoms with Gasteiger partial charge in [0, 0.05) is 31.3 Å². The van der Waals surface area contributed by atoms with E-state index in [0.717, 1.165) is 16.1 Å². The van der Waals surface area contributed by atoms with Gasteiger partial charge in [0.2, 0.25) is 0 Å². The highest BCUT2D eigenvalue weighted by Gasteiger charge is 2.12. The number of carbonyl (C=O) groups excluding carboxylic acids is 1. The Morgan fingerprint density at radius 1 is 1.13 bits per heavy atom. The van der Waals surface area contributed by atoms with E-state index in [1.165, 1.54) is 22.3 Å². The molecule has 3 rings (SSSR count). The number of carbonyl (C=O) groups is 1. The smallest absolute Gasteiger partial charge is 0.337 e. The normalized spacial score (nSPS) is 10.9. The zero-order valence-corrected chi connectivity index (χ0v) is 14.8. The SMILES string of the molecule is COC(=O)c1cccc(Sc2c(C)[nH]c3cc(SC)ccc23)c1. The highest BCUT2D eigenvalue weighted by Crippen LogP contribution is 2.37. The third-order valence-electron chi connectivity index (χ3n) is 3.61. The number of hydrogen-bond donors (Lipinski definition) is 1. The second kappa shape index (κ2) is 6.72. The summed E-state index contributed by atoms with van der Waals surface area (Å²) in [5, 5.41) is 1.20. The summed E-state index contributed by atoms with van der Waals surface area (Å²) in [4.78, 5) is 18.6. The van der Waals surface area contributed by atoms with Gasteiger partial charge in [-0.05, 0) is 43.5 Å². The number of benzene rings is 2. The van der Waals surface area contributed by atoms with Gasteiger partial charge in [-0.3, -0.25) is 0 Å². The van der Waals surface area contributed by atoms with Crippen molar-refractivity contribution >= 4 is 40.4 Å². The Kier molecular flexibility index (Phi) is 4.68. The van der Waals surface area contributed by atoms with Gasteiger partial charge >= 0.3 is 5.97 Å². The monoisotopic (exact) mass is 343 g/mol. The van der Waals surface area contributed by atoms with Crippen LogP contribution in [0.5, 0.6) is 0 Å². The van der Waals surface area contributed by atoms with Crippen molar-refractivity contribution in [2.75, 3.05) is 13.4 Å². The molecule has 0 fully saturated rings. The van der Waals surface area contributed by atoms with E-state index in [-0.39, 0.29) is 5.97 Å². The Hall–Kier alpha value is -1.85. The van der Waals surface area contributed by atoms with Crippen molar-refractivity contribution in [3.8, 4) is 0 Å². The number of methoxy groups -OCH3 is 1. The van der Waals surface area contributed by atoms with E-state index < -0.39 is 0 Å². The van der Waals surface area contributed by atoms with Gasteiger partial charge in [0.25, 0.3) is 0 Å². The maximum Gasteiger partial charge on any atom is 0.337 e. The Bertz CT molecular complexity index is 871. The average Bonchev–Trinajstić information content (AvgIpc) is 2.89. The van der Waals surface area contributed by atoms with Crippen LogP contribution < -0.4 is 0 Å². The van der Waals surface area contributed by atoms with Crippen molar-refractivity contribution in [2.45, 2.75) is 21.6 Å². The van der Waals surface area contributed by atoms with Crippen molar-refractivity contribution in [1.29, 1.82) is 0 Å². The van der Waals surface area contributed by atoms with E-state index >= 15 is 0 Å². The van der Waals surface area contributed by atoms with Crippen molar-refractivity contribution in [3.05, 3.63) is 53.7 Å². The first kappa shape index (κ1) is 16.0. The largest absolute Gasteiger partial charge is 0.465 e. The van der Waals surface area contributed by atoms with Crippen LogP contribution in [-0.4, -0.2) is 24.3 Å². The second-order valence-corrected chi connectivity index (χ2v) is 7.08. The Morgan fingerprint density at radius 3 is 2.70 bits per heavy atom. The van der Waals surface area contributed by atoms with E-state index in [4.69, 9.17) is 4.74 Å². The molecular formula is C18H17NO2S2.